The first-order valence-corrected chi connectivity index (χ1v) is 6.57. The van der Waals surface area contributed by atoms with Gasteiger partial charge in [-0.15, -0.1) is 24.0 Å². The molecule has 0 fully saturated rings. The maximum Gasteiger partial charge on any atom is 0.191 e. The number of nitrogens with zero attached hydrogens (tertiary/aromatic N) is 2. The van der Waals surface area contributed by atoms with Gasteiger partial charge >= 0.3 is 0 Å². The molecule has 1 aromatic rings. The molecule has 1 aromatic heterocycles. The molecule has 20 heavy (non-hydrogen) atoms. The molecule has 0 radical (unpaired) electrons. The Hall–Kier alpha value is -1.05. The zero-order chi connectivity index (χ0) is 14.3. The van der Waals surface area contributed by atoms with Crippen LogP contribution in [0, 0.1) is 13.8 Å². The number of ether oxygens (including phenoxy) is 1. The van der Waals surface area contributed by atoms with Crippen LogP contribution in [-0.2, 0) is 6.54 Å². The van der Waals surface area contributed by atoms with E-state index >= 15 is 0 Å². The fraction of sp³-hybridized carbons (Fsp3) is 0.571. The van der Waals surface area contributed by atoms with Crippen LogP contribution < -0.4 is 15.4 Å². The third kappa shape index (κ3) is 5.15. The number of aliphatic imine (C=N–C) groups is 1. The minimum absolute atomic E-state index is 0. The van der Waals surface area contributed by atoms with Crippen molar-refractivity contribution >= 4 is 29.9 Å². The van der Waals surface area contributed by atoms with E-state index in [9.17, 15) is 0 Å². The van der Waals surface area contributed by atoms with Crippen molar-refractivity contribution in [2.24, 2.45) is 4.99 Å². The number of methoxy groups -OCH3 is 1. The first-order valence-electron chi connectivity index (χ1n) is 6.57. The van der Waals surface area contributed by atoms with Gasteiger partial charge in [0.1, 0.15) is 5.75 Å². The molecule has 0 saturated heterocycles. The van der Waals surface area contributed by atoms with E-state index in [4.69, 9.17) is 4.74 Å². The Morgan fingerprint density at radius 3 is 2.60 bits per heavy atom. The average Bonchev–Trinajstić information content (AvgIpc) is 2.41. The summed E-state index contributed by atoms with van der Waals surface area (Å²) in [4.78, 5) is 8.61. The molecule has 114 valence electrons. The summed E-state index contributed by atoms with van der Waals surface area (Å²) < 4.78 is 5.40. The highest BCUT2D eigenvalue weighted by Crippen LogP contribution is 2.23. The first-order chi connectivity index (χ1) is 9.13. The second-order valence-electron chi connectivity index (χ2n) is 4.40. The molecule has 0 amide bonds. The molecule has 0 aliphatic heterocycles. The van der Waals surface area contributed by atoms with Crippen molar-refractivity contribution < 1.29 is 4.74 Å². The molecule has 5 nitrogen and oxygen atoms in total. The normalized spacial score (nSPS) is 10.8. The summed E-state index contributed by atoms with van der Waals surface area (Å²) in [6, 6.07) is 0. The van der Waals surface area contributed by atoms with Crippen LogP contribution in [0.5, 0.6) is 5.75 Å². The number of halogens is 1. The van der Waals surface area contributed by atoms with E-state index in [1.54, 1.807) is 14.2 Å². The van der Waals surface area contributed by atoms with Gasteiger partial charge in [-0.2, -0.15) is 0 Å². The number of nitrogens with one attached hydrogen (secondary N) is 2. The van der Waals surface area contributed by atoms with Crippen molar-refractivity contribution in [1.82, 2.24) is 15.6 Å². The van der Waals surface area contributed by atoms with E-state index in [-0.39, 0.29) is 24.0 Å². The molecular formula is C14H25IN4O. The van der Waals surface area contributed by atoms with Crippen molar-refractivity contribution in [1.29, 1.82) is 0 Å². The maximum absolute atomic E-state index is 5.40. The largest absolute Gasteiger partial charge is 0.496 e. The molecule has 1 rings (SSSR count). The Morgan fingerprint density at radius 2 is 2.05 bits per heavy atom. The molecule has 0 saturated carbocycles. The van der Waals surface area contributed by atoms with E-state index in [2.05, 4.69) is 27.5 Å². The fourth-order valence-corrected chi connectivity index (χ4v) is 1.88. The lowest BCUT2D eigenvalue weighted by Crippen LogP contribution is -2.37. The number of aromatic nitrogens is 1. The Kier molecular flexibility index (Phi) is 9.28. The minimum Gasteiger partial charge on any atom is -0.496 e. The molecule has 0 atom stereocenters. The van der Waals surface area contributed by atoms with Gasteiger partial charge in [-0.25, -0.2) is 0 Å². The summed E-state index contributed by atoms with van der Waals surface area (Å²) in [5, 5.41) is 6.48. The highest BCUT2D eigenvalue weighted by molar-refractivity contribution is 14.0. The Morgan fingerprint density at radius 1 is 1.35 bits per heavy atom. The SMILES string of the molecule is CCCNC(=NC)NCc1ncc(C)c(OC)c1C.I. The van der Waals surface area contributed by atoms with Crippen LogP contribution in [0.25, 0.3) is 0 Å². The summed E-state index contributed by atoms with van der Waals surface area (Å²) in [7, 11) is 3.45. The second-order valence-corrected chi connectivity index (χ2v) is 4.40. The molecule has 0 bridgehead atoms. The van der Waals surface area contributed by atoms with E-state index in [1.807, 2.05) is 20.0 Å². The van der Waals surface area contributed by atoms with Crippen LogP contribution in [-0.4, -0.2) is 31.6 Å². The Bertz CT molecular complexity index is 449. The number of rotatable bonds is 5. The van der Waals surface area contributed by atoms with Crippen molar-refractivity contribution in [2.75, 3.05) is 20.7 Å². The van der Waals surface area contributed by atoms with Crippen LogP contribution in [0.15, 0.2) is 11.2 Å². The summed E-state index contributed by atoms with van der Waals surface area (Å²) >= 11 is 0. The number of aryl methyl sites for hydroxylation is 1. The standard InChI is InChI=1S/C14H24N4O.HI/c1-6-7-16-14(15-4)18-9-12-11(3)13(19-5)10(2)8-17-12;/h8H,6-7,9H2,1-5H3,(H2,15,16,18);1H. The lowest BCUT2D eigenvalue weighted by atomic mass is 10.1. The van der Waals surface area contributed by atoms with Crippen LogP contribution in [0.4, 0.5) is 0 Å². The Balaban J connectivity index is 0.00000361. The predicted molar refractivity (Wildman–Crippen MR) is 94.2 cm³/mol. The summed E-state index contributed by atoms with van der Waals surface area (Å²) in [5.41, 5.74) is 3.10. The van der Waals surface area contributed by atoms with Crippen molar-refractivity contribution in [3.05, 3.63) is 23.0 Å². The van der Waals surface area contributed by atoms with E-state index in [1.165, 1.54) is 0 Å². The van der Waals surface area contributed by atoms with Crippen molar-refractivity contribution in [3.8, 4) is 5.75 Å². The van der Waals surface area contributed by atoms with E-state index in [0.717, 1.165) is 41.5 Å². The van der Waals surface area contributed by atoms with Crippen LogP contribution >= 0.6 is 24.0 Å². The number of guanidine groups is 1. The van der Waals surface area contributed by atoms with Crippen LogP contribution in [0.3, 0.4) is 0 Å². The summed E-state index contributed by atoms with van der Waals surface area (Å²) in [5.74, 6) is 1.70. The number of pyridine rings is 1. The van der Waals surface area contributed by atoms with Gasteiger partial charge in [-0.3, -0.25) is 9.98 Å². The predicted octanol–water partition coefficient (Wildman–Crippen LogP) is 2.40. The van der Waals surface area contributed by atoms with E-state index < -0.39 is 0 Å². The zero-order valence-electron chi connectivity index (χ0n) is 12.9. The smallest absolute Gasteiger partial charge is 0.191 e. The summed E-state index contributed by atoms with van der Waals surface area (Å²) in [6.07, 6.45) is 2.90. The molecule has 0 unspecified atom stereocenters. The quantitative estimate of drug-likeness (QED) is 0.459. The molecule has 1 heterocycles. The fourth-order valence-electron chi connectivity index (χ4n) is 1.88. The summed E-state index contributed by atoms with van der Waals surface area (Å²) in [6.45, 7) is 7.68. The number of hydrogen-bond donors (Lipinski definition) is 2. The van der Waals surface area contributed by atoms with Gasteiger partial charge < -0.3 is 15.4 Å². The van der Waals surface area contributed by atoms with Gasteiger partial charge in [-0.05, 0) is 20.3 Å². The topological polar surface area (TPSA) is 58.5 Å². The molecule has 0 spiro atoms. The highest BCUT2D eigenvalue weighted by Gasteiger charge is 2.09. The monoisotopic (exact) mass is 392 g/mol. The molecular weight excluding hydrogens is 367 g/mol. The minimum atomic E-state index is 0. The first kappa shape index (κ1) is 18.9. The van der Waals surface area contributed by atoms with Crippen molar-refractivity contribution in [2.45, 2.75) is 33.7 Å². The zero-order valence-corrected chi connectivity index (χ0v) is 15.2. The molecule has 0 aliphatic carbocycles. The maximum atomic E-state index is 5.40. The number of hydrogen-bond acceptors (Lipinski definition) is 3. The highest BCUT2D eigenvalue weighted by atomic mass is 127. The molecule has 0 aliphatic rings. The average molecular weight is 392 g/mol. The third-order valence-electron chi connectivity index (χ3n) is 2.94. The third-order valence-corrected chi connectivity index (χ3v) is 2.94. The molecule has 0 aromatic carbocycles. The molecule has 2 N–H and O–H groups in total. The van der Waals surface area contributed by atoms with Crippen molar-refractivity contribution in [3.63, 3.8) is 0 Å². The Labute approximate surface area is 138 Å². The van der Waals surface area contributed by atoms with Gasteiger partial charge in [0.25, 0.3) is 0 Å². The van der Waals surface area contributed by atoms with E-state index in [0.29, 0.717) is 6.54 Å². The van der Waals surface area contributed by atoms with Gasteiger partial charge in [0, 0.05) is 30.9 Å². The van der Waals surface area contributed by atoms with Gasteiger partial charge in [0.15, 0.2) is 5.96 Å². The van der Waals surface area contributed by atoms with Gasteiger partial charge in [-0.1, -0.05) is 6.92 Å². The second kappa shape index (κ2) is 9.79. The van der Waals surface area contributed by atoms with Gasteiger partial charge in [0.2, 0.25) is 0 Å². The van der Waals surface area contributed by atoms with Crippen LogP contribution in [0.1, 0.15) is 30.2 Å². The lowest BCUT2D eigenvalue weighted by Gasteiger charge is -2.14. The van der Waals surface area contributed by atoms with Gasteiger partial charge in [0.05, 0.1) is 19.3 Å². The lowest BCUT2D eigenvalue weighted by molar-refractivity contribution is 0.406. The molecule has 6 heteroatoms. The van der Waals surface area contributed by atoms with Crippen LogP contribution in [0.2, 0.25) is 0 Å².